The van der Waals surface area contributed by atoms with Crippen LogP contribution in [-0.4, -0.2) is 110 Å². The number of unbranched alkanes of at least 4 members (excludes halogenated alkanes) is 56. The third kappa shape index (κ3) is 55.3. The fourth-order valence-corrected chi connectivity index (χ4v) is 13.4. The quantitative estimate of drug-likeness (QED) is 0.0215. The van der Waals surface area contributed by atoms with Crippen molar-refractivity contribution in [3.05, 3.63) is 24.3 Å². The summed E-state index contributed by atoms with van der Waals surface area (Å²) in [5.41, 5.74) is 0. The van der Waals surface area contributed by atoms with Crippen LogP contribution in [0.1, 0.15) is 412 Å². The fourth-order valence-electron chi connectivity index (χ4n) is 13.4. The van der Waals surface area contributed by atoms with E-state index in [2.05, 4.69) is 43.5 Å². The van der Waals surface area contributed by atoms with Crippen LogP contribution in [0.3, 0.4) is 0 Å². The number of carbonyl (C=O) groups excluding carboxylic acids is 1. The highest BCUT2D eigenvalue weighted by Crippen LogP contribution is 2.25. The molecule has 0 saturated carbocycles. The maximum absolute atomic E-state index is 13.3. The van der Waals surface area contributed by atoms with Crippen molar-refractivity contribution in [3.63, 3.8) is 0 Å². The summed E-state index contributed by atoms with van der Waals surface area (Å²) in [6.07, 6.45) is 77.2. The van der Waals surface area contributed by atoms with Gasteiger partial charge in [-0.25, -0.2) is 0 Å². The van der Waals surface area contributed by atoms with E-state index in [0.29, 0.717) is 19.3 Å². The third-order valence-corrected chi connectivity index (χ3v) is 19.8. The van der Waals surface area contributed by atoms with Gasteiger partial charge in [-0.2, -0.15) is 0 Å². The molecule has 1 rings (SSSR count). The number of aliphatic hydroxyl groups is 7. The summed E-state index contributed by atoms with van der Waals surface area (Å²) in [7, 11) is 0. The first-order chi connectivity index (χ1) is 44.7. The summed E-state index contributed by atoms with van der Waals surface area (Å²) in [5.74, 6) is -0.688. The Kier molecular flexibility index (Phi) is 66.0. The molecule has 91 heavy (non-hydrogen) atoms. The lowest BCUT2D eigenvalue weighted by molar-refractivity contribution is -0.303. The van der Waals surface area contributed by atoms with Crippen molar-refractivity contribution in [2.45, 2.75) is 467 Å². The molecule has 0 aliphatic carbocycles. The number of hydrogen-bond donors (Lipinski definition) is 8. The SMILES string of the molecule is CCCCCCCCCCC/C=C\C/C=C\CCCCCCCCCCCCCCCCCCC(O)C(=O)NC(COC1OC(CO)C(O)C(O)C1O)C(O)C(O)CCCCCCCCCCCCCCCCCCCCCCCCCCCCCCCCCC. The lowest BCUT2D eigenvalue weighted by Crippen LogP contribution is -2.60. The van der Waals surface area contributed by atoms with Gasteiger partial charge < -0.3 is 50.5 Å². The first kappa shape index (κ1) is 87.6. The molecule has 540 valence electrons. The number of carbonyl (C=O) groups is 1. The normalized spacial score (nSPS) is 18.5. The van der Waals surface area contributed by atoms with Gasteiger partial charge in [0.05, 0.1) is 25.4 Å². The van der Waals surface area contributed by atoms with Crippen molar-refractivity contribution >= 4 is 5.91 Å². The minimum absolute atomic E-state index is 0.263. The van der Waals surface area contributed by atoms with E-state index in [1.54, 1.807) is 0 Å². The molecule has 8 N–H and O–H groups in total. The van der Waals surface area contributed by atoms with Gasteiger partial charge >= 0.3 is 0 Å². The molecular weight excluding hydrogens is 1130 g/mol. The van der Waals surface area contributed by atoms with E-state index in [-0.39, 0.29) is 6.42 Å². The average molecular weight is 1290 g/mol. The molecule has 0 aromatic rings. The topological polar surface area (TPSA) is 189 Å². The molecule has 9 atom stereocenters. The van der Waals surface area contributed by atoms with Crippen LogP contribution in [0.4, 0.5) is 0 Å². The molecule has 1 fully saturated rings. The number of hydrogen-bond acceptors (Lipinski definition) is 10. The van der Waals surface area contributed by atoms with Gasteiger partial charge in [0.15, 0.2) is 6.29 Å². The average Bonchev–Trinajstić information content (AvgIpc) is 1.05. The van der Waals surface area contributed by atoms with Gasteiger partial charge in [0.25, 0.3) is 0 Å². The van der Waals surface area contributed by atoms with Crippen molar-refractivity contribution in [2.75, 3.05) is 13.2 Å². The van der Waals surface area contributed by atoms with E-state index >= 15 is 0 Å². The van der Waals surface area contributed by atoms with E-state index < -0.39 is 74.2 Å². The fraction of sp³-hybridized carbons (Fsp3) is 0.938. The standard InChI is InChI=1S/C80H155NO10/c1-3-5-7-9-11-13-15-17-19-21-23-25-27-29-31-33-35-37-39-41-43-45-47-49-51-53-55-57-59-61-63-65-67-72(83)75(85)71(70-90-80-78(88)77(87)76(86)74(69-82)91-80)81-79(89)73(84)68-66-64-62-60-58-56-54-52-50-48-46-44-42-40-38-36-34-32-30-28-26-24-22-20-18-16-14-12-10-8-6-4-2/h24,26,30,32,71-78,80,82-88H,3-23,25,27-29,31,33-70H2,1-2H3,(H,81,89)/b26-24-,32-30-. The number of rotatable bonds is 72. The zero-order chi connectivity index (χ0) is 66.0. The highest BCUT2D eigenvalue weighted by Gasteiger charge is 2.44. The Morgan fingerprint density at radius 2 is 0.670 bits per heavy atom. The summed E-state index contributed by atoms with van der Waals surface area (Å²) in [6, 6.07) is -1.17. The Labute approximate surface area is 563 Å². The molecule has 0 aromatic heterocycles. The van der Waals surface area contributed by atoms with Gasteiger partial charge in [0.1, 0.15) is 36.6 Å². The number of amides is 1. The second-order valence-electron chi connectivity index (χ2n) is 28.5. The monoisotopic (exact) mass is 1290 g/mol. The first-order valence-corrected chi connectivity index (χ1v) is 40.2. The molecule has 0 radical (unpaired) electrons. The van der Waals surface area contributed by atoms with Crippen molar-refractivity contribution in [1.82, 2.24) is 5.32 Å². The van der Waals surface area contributed by atoms with Gasteiger partial charge in [-0.1, -0.05) is 391 Å². The van der Waals surface area contributed by atoms with E-state index in [9.17, 15) is 40.5 Å². The Balaban J connectivity index is 2.13. The molecule has 0 bridgehead atoms. The Hall–Kier alpha value is -1.41. The molecule has 11 nitrogen and oxygen atoms in total. The molecule has 1 heterocycles. The van der Waals surface area contributed by atoms with Crippen LogP contribution in [0.5, 0.6) is 0 Å². The molecule has 1 aliphatic heterocycles. The van der Waals surface area contributed by atoms with Crippen molar-refractivity contribution in [1.29, 1.82) is 0 Å². The van der Waals surface area contributed by atoms with E-state index in [0.717, 1.165) is 44.9 Å². The number of nitrogens with one attached hydrogen (secondary N) is 1. The van der Waals surface area contributed by atoms with Crippen LogP contribution >= 0.6 is 0 Å². The predicted molar refractivity (Wildman–Crippen MR) is 386 cm³/mol. The van der Waals surface area contributed by atoms with Crippen LogP contribution in [-0.2, 0) is 14.3 Å². The number of aliphatic hydroxyl groups excluding tert-OH is 7. The zero-order valence-corrected chi connectivity index (χ0v) is 60.1. The third-order valence-electron chi connectivity index (χ3n) is 19.8. The van der Waals surface area contributed by atoms with E-state index in [4.69, 9.17) is 9.47 Å². The second kappa shape index (κ2) is 68.5. The van der Waals surface area contributed by atoms with Crippen LogP contribution < -0.4 is 5.32 Å². The highest BCUT2D eigenvalue weighted by atomic mass is 16.7. The second-order valence-corrected chi connectivity index (χ2v) is 28.5. The summed E-state index contributed by atoms with van der Waals surface area (Å²) >= 11 is 0. The van der Waals surface area contributed by atoms with E-state index in [1.165, 1.54) is 327 Å². The van der Waals surface area contributed by atoms with Crippen molar-refractivity contribution < 1.29 is 50.0 Å². The van der Waals surface area contributed by atoms with Gasteiger partial charge in [-0.3, -0.25) is 4.79 Å². The molecule has 1 amide bonds. The minimum Gasteiger partial charge on any atom is -0.394 e. The number of allylic oxidation sites excluding steroid dienone is 4. The number of ether oxygens (including phenoxy) is 2. The van der Waals surface area contributed by atoms with Crippen molar-refractivity contribution in [2.24, 2.45) is 0 Å². The Morgan fingerprint density at radius 1 is 0.385 bits per heavy atom. The molecule has 1 saturated heterocycles. The molecule has 0 spiro atoms. The highest BCUT2D eigenvalue weighted by molar-refractivity contribution is 5.80. The molecular formula is C80H155NO10. The van der Waals surface area contributed by atoms with Crippen LogP contribution in [0, 0.1) is 0 Å². The summed E-state index contributed by atoms with van der Waals surface area (Å²) in [4.78, 5) is 13.3. The predicted octanol–water partition coefficient (Wildman–Crippen LogP) is 20.7. The van der Waals surface area contributed by atoms with Crippen molar-refractivity contribution in [3.8, 4) is 0 Å². The lowest BCUT2D eigenvalue weighted by Gasteiger charge is -2.40. The smallest absolute Gasteiger partial charge is 0.249 e. The molecule has 0 aromatic carbocycles. The Morgan fingerprint density at radius 3 is 0.978 bits per heavy atom. The summed E-state index contributed by atoms with van der Waals surface area (Å²) in [5, 5.41) is 76.8. The minimum atomic E-state index is -1.66. The van der Waals surface area contributed by atoms with Crippen LogP contribution in [0.15, 0.2) is 24.3 Å². The van der Waals surface area contributed by atoms with Gasteiger partial charge in [-0.05, 0) is 44.9 Å². The maximum atomic E-state index is 13.3. The molecule has 1 aliphatic rings. The maximum Gasteiger partial charge on any atom is 0.249 e. The zero-order valence-electron chi connectivity index (χ0n) is 60.1. The lowest BCUT2D eigenvalue weighted by atomic mass is 9.98. The van der Waals surface area contributed by atoms with Gasteiger partial charge in [0.2, 0.25) is 5.91 Å². The van der Waals surface area contributed by atoms with Gasteiger partial charge in [-0.15, -0.1) is 0 Å². The largest absolute Gasteiger partial charge is 0.394 e. The first-order valence-electron chi connectivity index (χ1n) is 40.2. The summed E-state index contributed by atoms with van der Waals surface area (Å²) < 4.78 is 11.2. The summed E-state index contributed by atoms with van der Waals surface area (Å²) in [6.45, 7) is 3.53. The molecule has 11 heteroatoms. The molecule has 9 unspecified atom stereocenters. The van der Waals surface area contributed by atoms with E-state index in [1.807, 2.05) is 0 Å². The Bertz CT molecular complexity index is 1530. The van der Waals surface area contributed by atoms with Crippen LogP contribution in [0.2, 0.25) is 0 Å². The van der Waals surface area contributed by atoms with Crippen LogP contribution in [0.25, 0.3) is 0 Å². The van der Waals surface area contributed by atoms with Gasteiger partial charge in [0, 0.05) is 0 Å².